The fourth-order valence-electron chi connectivity index (χ4n) is 2.44. The molecule has 0 aliphatic heterocycles. The van der Waals surface area contributed by atoms with E-state index in [2.05, 4.69) is 0 Å². The van der Waals surface area contributed by atoms with Crippen molar-refractivity contribution < 1.29 is 9.47 Å². The molecule has 0 aliphatic rings. The Bertz CT molecular complexity index is 754. The fourth-order valence-corrected chi connectivity index (χ4v) is 2.44. The highest BCUT2D eigenvalue weighted by Gasteiger charge is 2.04. The lowest BCUT2D eigenvalue weighted by Gasteiger charge is -2.11. The molecule has 2 N–H and O–H groups in total. The molecule has 0 heterocycles. The van der Waals surface area contributed by atoms with E-state index in [4.69, 9.17) is 15.2 Å². The number of hydrogen-bond acceptors (Lipinski definition) is 3. The van der Waals surface area contributed by atoms with Gasteiger partial charge in [0.1, 0.15) is 23.9 Å². The van der Waals surface area contributed by atoms with Gasteiger partial charge in [-0.25, -0.2) is 0 Å². The molecule has 0 atom stereocenters. The minimum atomic E-state index is 0.556. The zero-order valence-electron chi connectivity index (χ0n) is 13.5. The summed E-state index contributed by atoms with van der Waals surface area (Å²) in [4.78, 5) is 0. The molecule has 0 amide bonds. The van der Waals surface area contributed by atoms with Gasteiger partial charge in [-0.15, -0.1) is 0 Å². The Morgan fingerprint density at radius 1 is 0.708 bits per heavy atom. The van der Waals surface area contributed by atoms with E-state index in [1.165, 1.54) is 0 Å². The smallest absolute Gasteiger partial charge is 0.130 e. The van der Waals surface area contributed by atoms with Crippen LogP contribution in [0.1, 0.15) is 11.1 Å². The molecule has 0 saturated heterocycles. The van der Waals surface area contributed by atoms with E-state index >= 15 is 0 Å². The summed E-state index contributed by atoms with van der Waals surface area (Å²) in [6.07, 6.45) is 0.800. The molecule has 0 aromatic heterocycles. The lowest BCUT2D eigenvalue weighted by Crippen LogP contribution is -2.03. The Balaban J connectivity index is 1.62. The van der Waals surface area contributed by atoms with Crippen LogP contribution in [0.4, 0.5) is 0 Å². The summed E-state index contributed by atoms with van der Waals surface area (Å²) < 4.78 is 11.8. The van der Waals surface area contributed by atoms with E-state index in [9.17, 15) is 0 Å². The average Bonchev–Trinajstić information content (AvgIpc) is 2.64. The van der Waals surface area contributed by atoms with Crippen LogP contribution in [0.25, 0.3) is 0 Å². The SMILES string of the molecule is NCCc1ccccc1Oc1ccc(OCc2ccccc2)cc1. The molecular formula is C21H21NO2. The summed E-state index contributed by atoms with van der Waals surface area (Å²) >= 11 is 0. The first-order valence-corrected chi connectivity index (χ1v) is 8.08. The number of nitrogens with two attached hydrogens (primary N) is 1. The van der Waals surface area contributed by atoms with Crippen molar-refractivity contribution in [1.82, 2.24) is 0 Å². The summed E-state index contributed by atoms with van der Waals surface area (Å²) in [5.41, 5.74) is 7.91. The second-order valence-electron chi connectivity index (χ2n) is 5.49. The van der Waals surface area contributed by atoms with Gasteiger partial charge in [0.05, 0.1) is 0 Å². The third-order valence-electron chi connectivity index (χ3n) is 3.69. The van der Waals surface area contributed by atoms with Crippen molar-refractivity contribution in [1.29, 1.82) is 0 Å². The monoisotopic (exact) mass is 319 g/mol. The second kappa shape index (κ2) is 8.18. The molecular weight excluding hydrogens is 298 g/mol. The lowest BCUT2D eigenvalue weighted by molar-refractivity contribution is 0.306. The topological polar surface area (TPSA) is 44.5 Å². The summed E-state index contributed by atoms with van der Waals surface area (Å²) in [6.45, 7) is 1.16. The quantitative estimate of drug-likeness (QED) is 0.694. The van der Waals surface area contributed by atoms with Gasteiger partial charge in [-0.05, 0) is 54.4 Å². The molecule has 0 fully saturated rings. The molecule has 3 nitrogen and oxygen atoms in total. The number of rotatable bonds is 7. The van der Waals surface area contributed by atoms with Gasteiger partial charge in [0, 0.05) is 0 Å². The first kappa shape index (κ1) is 16.1. The maximum atomic E-state index is 5.97. The van der Waals surface area contributed by atoms with E-state index in [0.717, 1.165) is 34.8 Å². The molecule has 24 heavy (non-hydrogen) atoms. The molecule has 0 radical (unpaired) electrons. The molecule has 0 unspecified atom stereocenters. The Labute approximate surface area is 142 Å². The van der Waals surface area contributed by atoms with Crippen molar-refractivity contribution in [3.05, 3.63) is 90.0 Å². The molecule has 0 bridgehead atoms. The van der Waals surface area contributed by atoms with E-state index in [1.54, 1.807) is 0 Å². The maximum absolute atomic E-state index is 5.97. The Morgan fingerprint density at radius 2 is 1.38 bits per heavy atom. The van der Waals surface area contributed by atoms with Gasteiger partial charge in [-0.1, -0.05) is 48.5 Å². The normalized spacial score (nSPS) is 10.4. The van der Waals surface area contributed by atoms with Crippen molar-refractivity contribution in [3.8, 4) is 17.2 Å². The average molecular weight is 319 g/mol. The van der Waals surface area contributed by atoms with Crippen LogP contribution >= 0.6 is 0 Å². The van der Waals surface area contributed by atoms with Crippen LogP contribution < -0.4 is 15.2 Å². The third-order valence-corrected chi connectivity index (χ3v) is 3.69. The van der Waals surface area contributed by atoms with Crippen molar-refractivity contribution in [2.75, 3.05) is 6.54 Å². The van der Waals surface area contributed by atoms with E-state index < -0.39 is 0 Å². The highest BCUT2D eigenvalue weighted by atomic mass is 16.5. The number of benzene rings is 3. The van der Waals surface area contributed by atoms with Gasteiger partial charge in [0.2, 0.25) is 0 Å². The molecule has 3 aromatic carbocycles. The van der Waals surface area contributed by atoms with Crippen LogP contribution in [-0.2, 0) is 13.0 Å². The van der Waals surface area contributed by atoms with Crippen molar-refractivity contribution in [3.63, 3.8) is 0 Å². The van der Waals surface area contributed by atoms with Gasteiger partial charge in [0.25, 0.3) is 0 Å². The molecule has 3 heteroatoms. The van der Waals surface area contributed by atoms with Crippen LogP contribution in [0.3, 0.4) is 0 Å². The molecule has 122 valence electrons. The minimum Gasteiger partial charge on any atom is -0.489 e. The molecule has 0 saturated carbocycles. The first-order valence-electron chi connectivity index (χ1n) is 8.08. The highest BCUT2D eigenvalue weighted by molar-refractivity contribution is 5.39. The summed E-state index contributed by atoms with van der Waals surface area (Å²) in [5, 5.41) is 0. The largest absolute Gasteiger partial charge is 0.489 e. The van der Waals surface area contributed by atoms with E-state index in [0.29, 0.717) is 13.2 Å². The zero-order chi connectivity index (χ0) is 16.6. The van der Waals surface area contributed by atoms with Gasteiger partial charge in [0.15, 0.2) is 0 Å². The van der Waals surface area contributed by atoms with Crippen molar-refractivity contribution in [2.24, 2.45) is 5.73 Å². The summed E-state index contributed by atoms with van der Waals surface area (Å²) in [5.74, 6) is 2.45. The lowest BCUT2D eigenvalue weighted by atomic mass is 10.1. The third kappa shape index (κ3) is 4.37. The number of hydrogen-bond donors (Lipinski definition) is 1. The predicted molar refractivity (Wildman–Crippen MR) is 96.5 cm³/mol. The highest BCUT2D eigenvalue weighted by Crippen LogP contribution is 2.27. The van der Waals surface area contributed by atoms with Gasteiger partial charge >= 0.3 is 0 Å². The van der Waals surface area contributed by atoms with Crippen molar-refractivity contribution >= 4 is 0 Å². The summed E-state index contributed by atoms with van der Waals surface area (Å²) in [6, 6.07) is 25.8. The molecule has 0 aliphatic carbocycles. The van der Waals surface area contributed by atoms with Crippen LogP contribution in [-0.4, -0.2) is 6.54 Å². The van der Waals surface area contributed by atoms with Gasteiger partial charge in [-0.2, -0.15) is 0 Å². The van der Waals surface area contributed by atoms with Gasteiger partial charge < -0.3 is 15.2 Å². The number of ether oxygens (including phenoxy) is 2. The Kier molecular flexibility index (Phi) is 5.48. The van der Waals surface area contributed by atoms with Gasteiger partial charge in [-0.3, -0.25) is 0 Å². The minimum absolute atomic E-state index is 0.556. The van der Waals surface area contributed by atoms with Crippen LogP contribution in [0.15, 0.2) is 78.9 Å². The second-order valence-corrected chi connectivity index (χ2v) is 5.49. The van der Waals surface area contributed by atoms with Crippen LogP contribution in [0.2, 0.25) is 0 Å². The fraction of sp³-hybridized carbons (Fsp3) is 0.143. The maximum Gasteiger partial charge on any atom is 0.130 e. The van der Waals surface area contributed by atoms with E-state index in [1.807, 2.05) is 78.9 Å². The van der Waals surface area contributed by atoms with Crippen LogP contribution in [0.5, 0.6) is 17.2 Å². The predicted octanol–water partition coefficient (Wildman–Crippen LogP) is 4.56. The Morgan fingerprint density at radius 3 is 2.12 bits per heavy atom. The zero-order valence-corrected chi connectivity index (χ0v) is 13.5. The van der Waals surface area contributed by atoms with Crippen molar-refractivity contribution in [2.45, 2.75) is 13.0 Å². The standard InChI is InChI=1S/C21H21NO2/c22-15-14-18-8-4-5-9-21(18)24-20-12-10-19(11-13-20)23-16-17-6-2-1-3-7-17/h1-13H,14-16,22H2. The number of para-hydroxylation sites is 1. The first-order chi connectivity index (χ1) is 11.8. The molecule has 3 aromatic rings. The van der Waals surface area contributed by atoms with Crippen LogP contribution in [0, 0.1) is 0 Å². The summed E-state index contributed by atoms with van der Waals surface area (Å²) in [7, 11) is 0. The Hall–Kier alpha value is -2.78. The molecule has 0 spiro atoms. The van der Waals surface area contributed by atoms with E-state index in [-0.39, 0.29) is 0 Å². The molecule has 3 rings (SSSR count).